The molecule has 0 aliphatic carbocycles. The molecule has 0 atom stereocenters. The lowest BCUT2D eigenvalue weighted by molar-refractivity contribution is 0.113. The number of nitrogens with two attached hydrogens (primary N) is 1. The molecule has 3 rings (SSSR count). The number of halogens is 1. The third kappa shape index (κ3) is 6.56. The van der Waals surface area contributed by atoms with Gasteiger partial charge in [0.1, 0.15) is 12.4 Å². The molecule has 0 aliphatic rings. The molecule has 3 aromatic rings. The Kier molecular flexibility index (Phi) is 8.51. The Balaban J connectivity index is 1.71. The van der Waals surface area contributed by atoms with Crippen molar-refractivity contribution in [1.82, 2.24) is 0 Å². The summed E-state index contributed by atoms with van der Waals surface area (Å²) in [6, 6.07) is 20.7. The Morgan fingerprint density at radius 3 is 2.27 bits per heavy atom. The van der Waals surface area contributed by atoms with Crippen LogP contribution in [0.2, 0.25) is 5.02 Å². The van der Waals surface area contributed by atoms with Crippen LogP contribution >= 0.6 is 11.6 Å². The first-order valence-corrected chi connectivity index (χ1v) is 12.4. The van der Waals surface area contributed by atoms with E-state index in [-0.39, 0.29) is 23.0 Å². The SMILES string of the molecule is NC(CO)(CO)CCCc1ccc(S(=O)(=O)c2cccc(OCc3ccccc3)c2)cc1Cl. The van der Waals surface area contributed by atoms with Crippen LogP contribution in [0.15, 0.2) is 82.6 Å². The molecule has 0 fully saturated rings. The van der Waals surface area contributed by atoms with Crippen LogP contribution < -0.4 is 10.5 Å². The van der Waals surface area contributed by atoms with Crippen molar-refractivity contribution in [3.05, 3.63) is 88.9 Å². The molecular weight excluding hydrogens is 462 g/mol. The van der Waals surface area contributed by atoms with Crippen molar-refractivity contribution in [2.45, 2.75) is 41.2 Å². The number of hydrogen-bond donors (Lipinski definition) is 3. The molecule has 0 amide bonds. The molecule has 0 bridgehead atoms. The summed E-state index contributed by atoms with van der Waals surface area (Å²) in [5.74, 6) is 0.459. The van der Waals surface area contributed by atoms with Crippen LogP contribution in [0.1, 0.15) is 24.0 Å². The minimum Gasteiger partial charge on any atom is -0.489 e. The Morgan fingerprint density at radius 2 is 1.61 bits per heavy atom. The molecule has 0 saturated heterocycles. The summed E-state index contributed by atoms with van der Waals surface area (Å²) in [4.78, 5) is 0.214. The number of hydrogen-bond acceptors (Lipinski definition) is 6. The first-order valence-electron chi connectivity index (χ1n) is 10.6. The minimum atomic E-state index is -3.79. The second kappa shape index (κ2) is 11.1. The fourth-order valence-corrected chi connectivity index (χ4v) is 5.01. The van der Waals surface area contributed by atoms with Crippen molar-refractivity contribution < 1.29 is 23.4 Å². The molecule has 0 aromatic heterocycles. The Labute approximate surface area is 199 Å². The molecule has 176 valence electrons. The Hall–Kier alpha value is -2.42. The summed E-state index contributed by atoms with van der Waals surface area (Å²) in [5, 5.41) is 18.9. The van der Waals surface area contributed by atoms with E-state index in [1.807, 2.05) is 30.3 Å². The van der Waals surface area contributed by atoms with Crippen LogP contribution in [0.3, 0.4) is 0 Å². The smallest absolute Gasteiger partial charge is 0.206 e. The van der Waals surface area contributed by atoms with Crippen LogP contribution in [0.25, 0.3) is 0 Å². The van der Waals surface area contributed by atoms with Crippen molar-refractivity contribution in [2.75, 3.05) is 13.2 Å². The van der Waals surface area contributed by atoms with E-state index in [9.17, 15) is 18.6 Å². The van der Waals surface area contributed by atoms with Gasteiger partial charge in [-0.05, 0) is 60.7 Å². The van der Waals surface area contributed by atoms with E-state index in [1.165, 1.54) is 24.3 Å². The van der Waals surface area contributed by atoms with Gasteiger partial charge in [0.15, 0.2) is 0 Å². The van der Waals surface area contributed by atoms with Gasteiger partial charge in [-0.1, -0.05) is 54.1 Å². The second-order valence-corrected chi connectivity index (χ2v) is 10.4. The van der Waals surface area contributed by atoms with E-state index in [0.29, 0.717) is 36.6 Å². The summed E-state index contributed by atoms with van der Waals surface area (Å²) < 4.78 is 32.1. The molecule has 0 aliphatic heterocycles. The van der Waals surface area contributed by atoms with Gasteiger partial charge in [-0.15, -0.1) is 0 Å². The van der Waals surface area contributed by atoms with Gasteiger partial charge >= 0.3 is 0 Å². The van der Waals surface area contributed by atoms with Gasteiger partial charge in [0.2, 0.25) is 9.84 Å². The third-order valence-electron chi connectivity index (χ3n) is 5.45. The van der Waals surface area contributed by atoms with Crippen LogP contribution in [-0.4, -0.2) is 37.4 Å². The maximum Gasteiger partial charge on any atom is 0.206 e. The van der Waals surface area contributed by atoms with Crippen LogP contribution in [0, 0.1) is 0 Å². The molecule has 6 nitrogen and oxygen atoms in total. The van der Waals surface area contributed by atoms with Gasteiger partial charge in [-0.25, -0.2) is 8.42 Å². The first kappa shape index (κ1) is 25.2. The van der Waals surface area contributed by atoms with Crippen molar-refractivity contribution in [2.24, 2.45) is 5.73 Å². The molecule has 0 saturated carbocycles. The normalized spacial score (nSPS) is 12.0. The van der Waals surface area contributed by atoms with E-state index in [4.69, 9.17) is 22.1 Å². The van der Waals surface area contributed by atoms with E-state index >= 15 is 0 Å². The molecular formula is C25H28ClNO5S. The predicted molar refractivity (Wildman–Crippen MR) is 128 cm³/mol. The highest BCUT2D eigenvalue weighted by molar-refractivity contribution is 7.91. The maximum atomic E-state index is 13.2. The summed E-state index contributed by atoms with van der Waals surface area (Å²) in [5.41, 5.74) is 6.61. The highest BCUT2D eigenvalue weighted by atomic mass is 35.5. The number of ether oxygens (including phenoxy) is 1. The lowest BCUT2D eigenvalue weighted by atomic mass is 9.94. The number of aryl methyl sites for hydroxylation is 1. The second-order valence-electron chi connectivity index (χ2n) is 8.04. The molecule has 0 unspecified atom stereocenters. The molecule has 0 radical (unpaired) electrons. The third-order valence-corrected chi connectivity index (χ3v) is 7.55. The van der Waals surface area contributed by atoms with Crippen LogP contribution in [0.4, 0.5) is 0 Å². The molecule has 33 heavy (non-hydrogen) atoms. The highest BCUT2D eigenvalue weighted by Crippen LogP contribution is 2.29. The Bertz CT molecular complexity index is 1160. The zero-order valence-corrected chi connectivity index (χ0v) is 19.7. The van der Waals surface area contributed by atoms with Crippen molar-refractivity contribution >= 4 is 21.4 Å². The van der Waals surface area contributed by atoms with Gasteiger partial charge in [-0.3, -0.25) is 0 Å². The standard InChI is InChI=1S/C25H28ClNO5S/c26-24-15-23(12-11-20(24)8-5-13-25(27,17-28)18-29)33(30,31)22-10-4-9-21(14-22)32-16-19-6-2-1-3-7-19/h1-4,6-7,9-12,14-15,28-29H,5,8,13,16-18,27H2. The molecule has 0 spiro atoms. The van der Waals surface area contributed by atoms with Gasteiger partial charge < -0.3 is 20.7 Å². The monoisotopic (exact) mass is 489 g/mol. The van der Waals surface area contributed by atoms with Gasteiger partial charge in [0.25, 0.3) is 0 Å². The summed E-state index contributed by atoms with van der Waals surface area (Å²) in [6.45, 7) is -0.299. The van der Waals surface area contributed by atoms with Crippen molar-refractivity contribution in [1.29, 1.82) is 0 Å². The Morgan fingerprint density at radius 1 is 0.909 bits per heavy atom. The number of rotatable bonds is 11. The number of sulfone groups is 1. The van der Waals surface area contributed by atoms with Gasteiger partial charge in [-0.2, -0.15) is 0 Å². The largest absolute Gasteiger partial charge is 0.489 e. The quantitative estimate of drug-likeness (QED) is 0.378. The summed E-state index contributed by atoms with van der Waals surface area (Å²) >= 11 is 6.37. The molecule has 4 N–H and O–H groups in total. The minimum absolute atomic E-state index is 0.0929. The van der Waals surface area contributed by atoms with Crippen molar-refractivity contribution in [3.63, 3.8) is 0 Å². The predicted octanol–water partition coefficient (Wildman–Crippen LogP) is 3.76. The lowest BCUT2D eigenvalue weighted by Gasteiger charge is -2.24. The van der Waals surface area contributed by atoms with E-state index in [2.05, 4.69) is 0 Å². The fourth-order valence-electron chi connectivity index (χ4n) is 3.35. The average Bonchev–Trinajstić information content (AvgIpc) is 2.84. The number of aliphatic hydroxyl groups excluding tert-OH is 2. The molecule has 8 heteroatoms. The highest BCUT2D eigenvalue weighted by Gasteiger charge is 2.23. The maximum absolute atomic E-state index is 13.2. The molecule has 0 heterocycles. The molecule has 3 aromatic carbocycles. The zero-order chi connectivity index (χ0) is 23.9. The van der Waals surface area contributed by atoms with E-state index < -0.39 is 15.4 Å². The van der Waals surface area contributed by atoms with E-state index in [1.54, 1.807) is 18.2 Å². The fraction of sp³-hybridized carbons (Fsp3) is 0.280. The van der Waals surface area contributed by atoms with Gasteiger partial charge in [0, 0.05) is 5.02 Å². The average molecular weight is 490 g/mol. The topological polar surface area (TPSA) is 110 Å². The number of benzene rings is 3. The summed E-state index contributed by atoms with van der Waals surface area (Å²) in [6.07, 6.45) is 1.54. The van der Waals surface area contributed by atoms with Crippen LogP contribution in [0.5, 0.6) is 5.75 Å². The van der Waals surface area contributed by atoms with E-state index in [0.717, 1.165) is 11.1 Å². The zero-order valence-electron chi connectivity index (χ0n) is 18.2. The number of aliphatic hydroxyl groups is 2. The van der Waals surface area contributed by atoms with Crippen molar-refractivity contribution in [3.8, 4) is 5.75 Å². The lowest BCUT2D eigenvalue weighted by Crippen LogP contribution is -2.47. The van der Waals surface area contributed by atoms with Crippen LogP contribution in [-0.2, 0) is 22.9 Å². The van der Waals surface area contributed by atoms with Gasteiger partial charge in [0.05, 0.1) is 28.5 Å². The summed E-state index contributed by atoms with van der Waals surface area (Å²) in [7, 11) is -3.79. The first-order chi connectivity index (χ1) is 15.8.